The van der Waals surface area contributed by atoms with Crippen LogP contribution in [0.1, 0.15) is 0 Å². The Labute approximate surface area is 149 Å². The minimum atomic E-state index is -0.373. The Hall–Kier alpha value is -2.81. The highest BCUT2D eigenvalue weighted by atomic mass is 35.5. The van der Waals surface area contributed by atoms with Crippen molar-refractivity contribution in [2.45, 2.75) is 0 Å². The monoisotopic (exact) mass is 363 g/mol. The van der Waals surface area contributed by atoms with Gasteiger partial charge in [-0.1, -0.05) is 17.7 Å². The molecule has 9 nitrogen and oxygen atoms in total. The molecule has 132 valence electrons. The van der Waals surface area contributed by atoms with E-state index in [1.807, 2.05) is 24.3 Å². The molecule has 0 atom stereocenters. The SMILES string of the molecule is O=C(CNC(=O)N1CCN(c2cccc(Cl)c2)CC1)Nc1ncn[nH]1. The van der Waals surface area contributed by atoms with Crippen LogP contribution >= 0.6 is 11.6 Å². The van der Waals surface area contributed by atoms with Crippen LogP contribution in [-0.2, 0) is 4.79 Å². The van der Waals surface area contributed by atoms with Crippen LogP contribution in [0.15, 0.2) is 30.6 Å². The molecule has 3 rings (SSSR count). The van der Waals surface area contributed by atoms with E-state index in [0.717, 1.165) is 5.69 Å². The predicted octanol–water partition coefficient (Wildman–Crippen LogP) is 0.928. The average molecular weight is 364 g/mol. The van der Waals surface area contributed by atoms with E-state index in [1.165, 1.54) is 6.33 Å². The summed E-state index contributed by atoms with van der Waals surface area (Å²) in [5, 5.41) is 11.9. The molecule has 3 N–H and O–H groups in total. The van der Waals surface area contributed by atoms with Crippen molar-refractivity contribution in [3.63, 3.8) is 0 Å². The molecule has 2 aromatic rings. The molecule has 1 fully saturated rings. The maximum Gasteiger partial charge on any atom is 0.317 e. The Morgan fingerprint density at radius 3 is 2.72 bits per heavy atom. The number of aromatic amines is 1. The lowest BCUT2D eigenvalue weighted by Crippen LogP contribution is -2.52. The number of amides is 3. The van der Waals surface area contributed by atoms with Crippen molar-refractivity contribution in [1.29, 1.82) is 0 Å². The van der Waals surface area contributed by atoms with E-state index in [0.29, 0.717) is 31.2 Å². The number of carbonyl (C=O) groups is 2. The summed E-state index contributed by atoms with van der Waals surface area (Å²) in [5.41, 5.74) is 1.04. The van der Waals surface area contributed by atoms with Gasteiger partial charge in [-0.15, -0.1) is 0 Å². The quantitative estimate of drug-likeness (QED) is 0.749. The number of anilines is 2. The topological polar surface area (TPSA) is 106 Å². The molecule has 25 heavy (non-hydrogen) atoms. The van der Waals surface area contributed by atoms with Crippen molar-refractivity contribution in [1.82, 2.24) is 25.4 Å². The number of benzene rings is 1. The van der Waals surface area contributed by atoms with Gasteiger partial charge in [0.1, 0.15) is 6.33 Å². The minimum Gasteiger partial charge on any atom is -0.368 e. The van der Waals surface area contributed by atoms with Gasteiger partial charge in [-0.2, -0.15) is 10.1 Å². The van der Waals surface area contributed by atoms with Gasteiger partial charge in [0.2, 0.25) is 11.9 Å². The fourth-order valence-corrected chi connectivity index (χ4v) is 2.73. The molecule has 0 radical (unpaired) electrons. The van der Waals surface area contributed by atoms with Crippen LogP contribution in [0.2, 0.25) is 5.02 Å². The molecule has 10 heteroatoms. The van der Waals surface area contributed by atoms with Crippen molar-refractivity contribution in [2.24, 2.45) is 0 Å². The molecular weight excluding hydrogens is 346 g/mol. The largest absolute Gasteiger partial charge is 0.368 e. The van der Waals surface area contributed by atoms with Crippen LogP contribution in [-0.4, -0.2) is 64.7 Å². The van der Waals surface area contributed by atoms with Crippen LogP contribution in [0.4, 0.5) is 16.4 Å². The lowest BCUT2D eigenvalue weighted by Gasteiger charge is -2.36. The number of nitrogens with one attached hydrogen (secondary N) is 3. The molecule has 1 aliphatic heterocycles. The number of nitrogens with zero attached hydrogens (tertiary/aromatic N) is 4. The molecule has 0 unspecified atom stereocenters. The second-order valence-corrected chi connectivity index (χ2v) is 5.93. The first-order chi connectivity index (χ1) is 12.1. The molecule has 0 aliphatic carbocycles. The summed E-state index contributed by atoms with van der Waals surface area (Å²) in [6.07, 6.45) is 1.29. The van der Waals surface area contributed by atoms with Gasteiger partial charge >= 0.3 is 6.03 Å². The van der Waals surface area contributed by atoms with E-state index in [1.54, 1.807) is 4.90 Å². The molecule has 1 saturated heterocycles. The lowest BCUT2D eigenvalue weighted by atomic mass is 10.2. The molecule has 1 aromatic heterocycles. The Morgan fingerprint density at radius 2 is 2.04 bits per heavy atom. The third kappa shape index (κ3) is 4.60. The second kappa shape index (κ2) is 7.84. The number of rotatable bonds is 4. The highest BCUT2D eigenvalue weighted by molar-refractivity contribution is 6.30. The van der Waals surface area contributed by atoms with Crippen LogP contribution in [0, 0.1) is 0 Å². The van der Waals surface area contributed by atoms with E-state index in [-0.39, 0.29) is 24.4 Å². The number of aromatic nitrogens is 3. The molecule has 1 aliphatic rings. The smallest absolute Gasteiger partial charge is 0.317 e. The van der Waals surface area contributed by atoms with E-state index in [9.17, 15) is 9.59 Å². The van der Waals surface area contributed by atoms with Crippen LogP contribution in [0.5, 0.6) is 0 Å². The zero-order valence-corrected chi connectivity index (χ0v) is 14.2. The number of hydrogen-bond donors (Lipinski definition) is 3. The van der Waals surface area contributed by atoms with Gasteiger partial charge < -0.3 is 15.1 Å². The number of hydrogen-bond acceptors (Lipinski definition) is 5. The second-order valence-electron chi connectivity index (χ2n) is 5.49. The lowest BCUT2D eigenvalue weighted by molar-refractivity contribution is -0.115. The third-order valence-electron chi connectivity index (χ3n) is 3.81. The predicted molar refractivity (Wildman–Crippen MR) is 93.6 cm³/mol. The highest BCUT2D eigenvalue weighted by Gasteiger charge is 2.21. The summed E-state index contributed by atoms with van der Waals surface area (Å²) in [5.74, 6) is -0.128. The molecule has 3 amide bonds. The van der Waals surface area contributed by atoms with Crippen molar-refractivity contribution >= 4 is 35.2 Å². The van der Waals surface area contributed by atoms with Crippen molar-refractivity contribution in [2.75, 3.05) is 42.9 Å². The van der Waals surface area contributed by atoms with Crippen molar-refractivity contribution < 1.29 is 9.59 Å². The Kier molecular flexibility index (Phi) is 5.34. The van der Waals surface area contributed by atoms with Gasteiger partial charge in [0.05, 0.1) is 6.54 Å². The molecule has 1 aromatic carbocycles. The fourth-order valence-electron chi connectivity index (χ4n) is 2.55. The summed E-state index contributed by atoms with van der Waals surface area (Å²) >= 11 is 6.02. The fraction of sp³-hybridized carbons (Fsp3) is 0.333. The van der Waals surface area contributed by atoms with Gasteiger partial charge in [0.25, 0.3) is 0 Å². The van der Waals surface area contributed by atoms with Crippen molar-refractivity contribution in [3.8, 4) is 0 Å². The highest BCUT2D eigenvalue weighted by Crippen LogP contribution is 2.20. The molecule has 0 spiro atoms. The summed E-state index contributed by atoms with van der Waals surface area (Å²) in [7, 11) is 0. The molecular formula is C15H18ClN7O2. The number of piperazine rings is 1. The van der Waals surface area contributed by atoms with Gasteiger partial charge in [0.15, 0.2) is 0 Å². The standard InChI is InChI=1S/C15H18ClN7O2/c16-11-2-1-3-12(8-11)22-4-6-23(7-5-22)15(25)17-9-13(24)20-14-18-10-19-21-14/h1-3,8,10H,4-7,9H2,(H,17,25)(H2,18,19,20,21,24). The van der Waals surface area contributed by atoms with Crippen molar-refractivity contribution in [3.05, 3.63) is 35.6 Å². The van der Waals surface area contributed by atoms with Gasteiger partial charge in [-0.05, 0) is 18.2 Å². The number of H-pyrrole nitrogens is 1. The first-order valence-corrected chi connectivity index (χ1v) is 8.18. The average Bonchev–Trinajstić information content (AvgIpc) is 3.13. The van der Waals surface area contributed by atoms with Gasteiger partial charge in [-0.3, -0.25) is 10.1 Å². The molecule has 2 heterocycles. The molecule has 0 saturated carbocycles. The van der Waals surface area contributed by atoms with E-state index in [4.69, 9.17) is 11.6 Å². The summed E-state index contributed by atoms with van der Waals surface area (Å²) in [4.78, 5) is 31.5. The molecule has 0 bridgehead atoms. The maximum absolute atomic E-state index is 12.2. The van der Waals surface area contributed by atoms with Crippen LogP contribution in [0.25, 0.3) is 0 Å². The zero-order chi connectivity index (χ0) is 17.6. The van der Waals surface area contributed by atoms with Crippen LogP contribution in [0.3, 0.4) is 0 Å². The van der Waals surface area contributed by atoms with E-state index < -0.39 is 0 Å². The maximum atomic E-state index is 12.2. The Morgan fingerprint density at radius 1 is 1.24 bits per heavy atom. The van der Waals surface area contributed by atoms with Gasteiger partial charge in [-0.25, -0.2) is 9.89 Å². The van der Waals surface area contributed by atoms with Crippen LogP contribution < -0.4 is 15.5 Å². The first-order valence-electron chi connectivity index (χ1n) is 7.80. The zero-order valence-electron chi connectivity index (χ0n) is 13.4. The Bertz CT molecular complexity index is 729. The van der Waals surface area contributed by atoms with E-state index >= 15 is 0 Å². The Balaban J connectivity index is 1.43. The summed E-state index contributed by atoms with van der Waals surface area (Å²) < 4.78 is 0. The summed E-state index contributed by atoms with van der Waals surface area (Å²) in [6.45, 7) is 2.42. The first kappa shape index (κ1) is 17.0. The normalized spacial score (nSPS) is 14.3. The number of urea groups is 1. The number of carbonyl (C=O) groups excluding carboxylic acids is 2. The third-order valence-corrected chi connectivity index (χ3v) is 4.05. The van der Waals surface area contributed by atoms with Gasteiger partial charge in [0, 0.05) is 36.9 Å². The van der Waals surface area contributed by atoms with E-state index in [2.05, 4.69) is 30.7 Å². The summed E-state index contributed by atoms with van der Waals surface area (Å²) in [6, 6.07) is 7.38. The number of halogens is 1. The minimum absolute atomic E-state index is 0.131.